The molecule has 2 aromatic carbocycles. The smallest absolute Gasteiger partial charge is 0.255 e. The quantitative estimate of drug-likeness (QED) is 0.699. The fraction of sp³-hybridized carbons (Fsp3) is 0. The van der Waals surface area contributed by atoms with Crippen molar-refractivity contribution in [2.75, 3.05) is 0 Å². The Labute approximate surface area is 118 Å². The Morgan fingerprint density at radius 2 is 1.56 bits per heavy atom. The van der Waals surface area contributed by atoms with Gasteiger partial charge in [-0.25, -0.2) is 4.39 Å². The van der Waals surface area contributed by atoms with Crippen molar-refractivity contribution in [1.82, 2.24) is 0 Å². The minimum Gasteiger partial charge on any atom is -0.275 e. The first-order valence-electron chi connectivity index (χ1n) is 4.93. The molecule has 0 saturated heterocycles. The maximum absolute atomic E-state index is 13.3. The van der Waals surface area contributed by atoms with Gasteiger partial charge in [-0.05, 0) is 53.1 Å². The van der Waals surface area contributed by atoms with Gasteiger partial charge in [0.25, 0.3) is 5.24 Å². The largest absolute Gasteiger partial charge is 0.275 e. The molecule has 0 amide bonds. The standard InChI is InChI=1S/C13H6Cl3FO/c14-9-3-8(4-10(15)6-9)7-1-2-12(17)11(5-7)13(16)18/h1-6H. The number of rotatable bonds is 2. The van der Waals surface area contributed by atoms with Gasteiger partial charge in [0.15, 0.2) is 0 Å². The normalized spacial score (nSPS) is 10.4. The molecule has 0 aromatic heterocycles. The molecule has 2 rings (SSSR count). The summed E-state index contributed by atoms with van der Waals surface area (Å²) >= 11 is 17.1. The molecule has 0 unspecified atom stereocenters. The van der Waals surface area contributed by atoms with Crippen LogP contribution in [0.4, 0.5) is 4.39 Å². The van der Waals surface area contributed by atoms with E-state index in [0.717, 1.165) is 0 Å². The number of carbonyl (C=O) groups excluding carboxylic acids is 1. The van der Waals surface area contributed by atoms with Crippen LogP contribution in [0.1, 0.15) is 10.4 Å². The van der Waals surface area contributed by atoms with Gasteiger partial charge in [0.2, 0.25) is 0 Å². The third kappa shape index (κ3) is 2.83. The number of hydrogen-bond acceptors (Lipinski definition) is 1. The molecule has 0 spiro atoms. The SMILES string of the molecule is O=C(Cl)c1cc(-c2cc(Cl)cc(Cl)c2)ccc1F. The van der Waals surface area contributed by atoms with Gasteiger partial charge in [0.1, 0.15) is 5.82 Å². The Morgan fingerprint density at radius 1 is 0.944 bits per heavy atom. The molecule has 0 aliphatic carbocycles. The summed E-state index contributed by atoms with van der Waals surface area (Å²) in [5.41, 5.74) is 1.13. The maximum Gasteiger partial charge on any atom is 0.255 e. The fourth-order valence-corrected chi connectivity index (χ4v) is 2.25. The molecule has 0 heterocycles. The second-order valence-electron chi connectivity index (χ2n) is 3.63. The topological polar surface area (TPSA) is 17.1 Å². The lowest BCUT2D eigenvalue weighted by atomic mass is 10.0. The molecular formula is C13H6Cl3FO. The van der Waals surface area contributed by atoms with Crippen molar-refractivity contribution in [1.29, 1.82) is 0 Å². The zero-order valence-electron chi connectivity index (χ0n) is 8.88. The summed E-state index contributed by atoms with van der Waals surface area (Å²) in [4.78, 5) is 11.1. The molecule has 0 aliphatic heterocycles. The van der Waals surface area contributed by atoms with Gasteiger partial charge in [-0.15, -0.1) is 0 Å². The Hall–Kier alpha value is -1.09. The van der Waals surface area contributed by atoms with E-state index < -0.39 is 11.1 Å². The lowest BCUT2D eigenvalue weighted by Crippen LogP contribution is -1.94. The minimum atomic E-state index is -0.845. The van der Waals surface area contributed by atoms with E-state index in [1.54, 1.807) is 18.2 Å². The highest BCUT2D eigenvalue weighted by molar-refractivity contribution is 6.67. The number of halogens is 4. The van der Waals surface area contributed by atoms with Gasteiger partial charge in [-0.3, -0.25) is 4.79 Å². The Bertz CT molecular complexity index is 605. The number of carbonyl (C=O) groups is 1. The second kappa shape index (κ2) is 5.27. The summed E-state index contributed by atoms with van der Waals surface area (Å²) in [5.74, 6) is -0.660. The zero-order chi connectivity index (χ0) is 13.3. The molecule has 92 valence electrons. The summed E-state index contributed by atoms with van der Waals surface area (Å²) in [6.45, 7) is 0. The van der Waals surface area contributed by atoms with Crippen molar-refractivity contribution < 1.29 is 9.18 Å². The van der Waals surface area contributed by atoms with E-state index in [2.05, 4.69) is 0 Å². The van der Waals surface area contributed by atoms with Crippen LogP contribution in [0.15, 0.2) is 36.4 Å². The number of hydrogen-bond donors (Lipinski definition) is 0. The van der Waals surface area contributed by atoms with E-state index >= 15 is 0 Å². The third-order valence-corrected chi connectivity index (χ3v) is 3.01. The van der Waals surface area contributed by atoms with Crippen molar-refractivity contribution in [3.8, 4) is 11.1 Å². The molecule has 0 N–H and O–H groups in total. The Kier molecular flexibility index (Phi) is 3.91. The first kappa shape index (κ1) is 13.3. The highest BCUT2D eigenvalue weighted by Gasteiger charge is 2.11. The van der Waals surface area contributed by atoms with E-state index in [-0.39, 0.29) is 5.56 Å². The first-order chi connectivity index (χ1) is 8.47. The van der Waals surface area contributed by atoms with Crippen molar-refractivity contribution >= 4 is 40.0 Å². The van der Waals surface area contributed by atoms with Gasteiger partial charge in [0, 0.05) is 10.0 Å². The average molecular weight is 304 g/mol. The maximum atomic E-state index is 13.3. The van der Waals surface area contributed by atoms with Crippen molar-refractivity contribution in [3.05, 3.63) is 57.8 Å². The Balaban J connectivity index is 2.57. The monoisotopic (exact) mass is 302 g/mol. The fourth-order valence-electron chi connectivity index (χ4n) is 1.58. The molecule has 0 fully saturated rings. The lowest BCUT2D eigenvalue weighted by molar-refractivity contribution is 0.107. The van der Waals surface area contributed by atoms with Crippen molar-refractivity contribution in [2.24, 2.45) is 0 Å². The van der Waals surface area contributed by atoms with Crippen LogP contribution in [-0.4, -0.2) is 5.24 Å². The molecule has 0 atom stereocenters. The Morgan fingerprint density at radius 3 is 2.11 bits per heavy atom. The summed E-state index contributed by atoms with van der Waals surface area (Å²) in [5, 5.41) is 0.0728. The molecular weight excluding hydrogens is 297 g/mol. The first-order valence-corrected chi connectivity index (χ1v) is 6.06. The molecule has 0 bridgehead atoms. The van der Waals surface area contributed by atoms with Gasteiger partial charge < -0.3 is 0 Å². The highest BCUT2D eigenvalue weighted by atomic mass is 35.5. The summed E-state index contributed by atoms with van der Waals surface area (Å²) in [7, 11) is 0. The summed E-state index contributed by atoms with van der Waals surface area (Å²) < 4.78 is 13.3. The van der Waals surface area contributed by atoms with E-state index in [9.17, 15) is 9.18 Å². The molecule has 2 aromatic rings. The molecule has 0 radical (unpaired) electrons. The van der Waals surface area contributed by atoms with Crippen LogP contribution < -0.4 is 0 Å². The molecule has 5 heteroatoms. The third-order valence-electron chi connectivity index (χ3n) is 2.37. The zero-order valence-corrected chi connectivity index (χ0v) is 11.2. The lowest BCUT2D eigenvalue weighted by Gasteiger charge is -2.05. The van der Waals surface area contributed by atoms with Gasteiger partial charge in [0.05, 0.1) is 5.56 Å². The summed E-state index contributed by atoms with van der Waals surface area (Å²) in [6.07, 6.45) is 0. The van der Waals surface area contributed by atoms with Gasteiger partial charge in [-0.2, -0.15) is 0 Å². The molecule has 1 nitrogen and oxygen atoms in total. The van der Waals surface area contributed by atoms with Crippen LogP contribution >= 0.6 is 34.8 Å². The minimum absolute atomic E-state index is 0.176. The van der Waals surface area contributed by atoms with E-state index in [4.69, 9.17) is 34.8 Å². The molecule has 18 heavy (non-hydrogen) atoms. The predicted molar refractivity (Wildman–Crippen MR) is 72.0 cm³/mol. The van der Waals surface area contributed by atoms with E-state index in [0.29, 0.717) is 21.2 Å². The van der Waals surface area contributed by atoms with Crippen LogP contribution in [0.25, 0.3) is 11.1 Å². The van der Waals surface area contributed by atoms with Crippen LogP contribution in [0.5, 0.6) is 0 Å². The summed E-state index contributed by atoms with van der Waals surface area (Å²) in [6, 6.07) is 9.00. The van der Waals surface area contributed by atoms with Crippen LogP contribution in [0.2, 0.25) is 10.0 Å². The van der Waals surface area contributed by atoms with Crippen LogP contribution in [-0.2, 0) is 0 Å². The molecule has 0 saturated carbocycles. The van der Waals surface area contributed by atoms with Crippen LogP contribution in [0.3, 0.4) is 0 Å². The van der Waals surface area contributed by atoms with Crippen molar-refractivity contribution in [3.63, 3.8) is 0 Å². The average Bonchev–Trinajstić information content (AvgIpc) is 2.27. The van der Waals surface area contributed by atoms with E-state index in [1.165, 1.54) is 18.2 Å². The molecule has 0 aliphatic rings. The highest BCUT2D eigenvalue weighted by Crippen LogP contribution is 2.28. The van der Waals surface area contributed by atoms with Crippen LogP contribution in [0, 0.1) is 5.82 Å². The van der Waals surface area contributed by atoms with E-state index in [1.807, 2.05) is 0 Å². The van der Waals surface area contributed by atoms with Crippen molar-refractivity contribution in [2.45, 2.75) is 0 Å². The van der Waals surface area contributed by atoms with Gasteiger partial charge >= 0.3 is 0 Å². The second-order valence-corrected chi connectivity index (χ2v) is 4.84. The number of benzene rings is 2. The predicted octanol–water partition coefficient (Wildman–Crippen LogP) is 5.18. The van der Waals surface area contributed by atoms with Gasteiger partial charge in [-0.1, -0.05) is 29.3 Å².